The highest BCUT2D eigenvalue weighted by molar-refractivity contribution is 5.92. The van der Waals surface area contributed by atoms with E-state index in [2.05, 4.69) is 15.8 Å². The second-order valence-corrected chi connectivity index (χ2v) is 5.58. The van der Waals surface area contributed by atoms with Crippen LogP contribution in [-0.4, -0.2) is 36.1 Å². The molecule has 2 N–H and O–H groups in total. The van der Waals surface area contributed by atoms with E-state index in [4.69, 9.17) is 9.26 Å². The van der Waals surface area contributed by atoms with Crippen molar-refractivity contribution < 1.29 is 23.6 Å². The van der Waals surface area contributed by atoms with Gasteiger partial charge >= 0.3 is 5.97 Å². The summed E-state index contributed by atoms with van der Waals surface area (Å²) < 4.78 is 9.59. The first-order chi connectivity index (χ1) is 11.0. The van der Waals surface area contributed by atoms with Crippen LogP contribution in [0, 0.1) is 12.8 Å². The van der Waals surface area contributed by atoms with Gasteiger partial charge in [0.15, 0.2) is 12.4 Å². The molecule has 8 nitrogen and oxygen atoms in total. The highest BCUT2D eigenvalue weighted by atomic mass is 16.5. The number of nitrogens with one attached hydrogen (secondary N) is 2. The molecule has 0 saturated heterocycles. The molecule has 1 heterocycles. The van der Waals surface area contributed by atoms with E-state index in [1.165, 1.54) is 0 Å². The molecule has 2 amide bonds. The van der Waals surface area contributed by atoms with Crippen LogP contribution >= 0.6 is 0 Å². The minimum atomic E-state index is -0.652. The zero-order chi connectivity index (χ0) is 16.7. The average molecular weight is 323 g/mol. The number of aromatic nitrogens is 1. The van der Waals surface area contributed by atoms with Crippen LogP contribution in [0.3, 0.4) is 0 Å². The molecule has 0 aromatic carbocycles. The predicted molar refractivity (Wildman–Crippen MR) is 80.4 cm³/mol. The van der Waals surface area contributed by atoms with Crippen LogP contribution in [0.2, 0.25) is 0 Å². The van der Waals surface area contributed by atoms with Crippen molar-refractivity contribution >= 4 is 23.6 Å². The number of anilines is 1. The number of hydrogen-bond acceptors (Lipinski definition) is 6. The van der Waals surface area contributed by atoms with Gasteiger partial charge in [0.1, 0.15) is 12.3 Å². The molecular formula is C15H21N3O5. The van der Waals surface area contributed by atoms with Crippen molar-refractivity contribution in [3.05, 3.63) is 11.8 Å². The summed E-state index contributed by atoms with van der Waals surface area (Å²) in [7, 11) is 0. The van der Waals surface area contributed by atoms with E-state index >= 15 is 0 Å². The van der Waals surface area contributed by atoms with E-state index < -0.39 is 18.5 Å². The van der Waals surface area contributed by atoms with Crippen LogP contribution in [0.1, 0.15) is 37.9 Å². The fraction of sp³-hybridized carbons (Fsp3) is 0.600. The first kappa shape index (κ1) is 17.0. The molecule has 0 radical (unpaired) electrons. The van der Waals surface area contributed by atoms with E-state index in [1.807, 2.05) is 0 Å². The summed E-state index contributed by atoms with van der Waals surface area (Å²) in [5.41, 5.74) is 0. The van der Waals surface area contributed by atoms with Crippen LogP contribution in [0.5, 0.6) is 0 Å². The molecule has 23 heavy (non-hydrogen) atoms. The van der Waals surface area contributed by atoms with Gasteiger partial charge in [0.2, 0.25) is 5.91 Å². The molecule has 0 unspecified atom stereocenters. The Labute approximate surface area is 133 Å². The second-order valence-electron chi connectivity index (χ2n) is 5.58. The quantitative estimate of drug-likeness (QED) is 0.760. The summed E-state index contributed by atoms with van der Waals surface area (Å²) in [5, 5.41) is 8.57. The van der Waals surface area contributed by atoms with Crippen LogP contribution in [0.15, 0.2) is 10.6 Å². The Bertz CT molecular complexity index is 563. The normalized spacial score (nSPS) is 15.0. The van der Waals surface area contributed by atoms with Crippen molar-refractivity contribution in [2.24, 2.45) is 5.92 Å². The lowest BCUT2D eigenvalue weighted by atomic mass is 9.89. The van der Waals surface area contributed by atoms with Gasteiger partial charge in [-0.3, -0.25) is 14.4 Å². The number of hydrogen-bond donors (Lipinski definition) is 2. The van der Waals surface area contributed by atoms with Crippen LogP contribution in [-0.2, 0) is 19.1 Å². The number of aryl methyl sites for hydroxylation is 1. The molecule has 0 bridgehead atoms. The summed E-state index contributed by atoms with van der Waals surface area (Å²) in [6.45, 7) is 1.02. The van der Waals surface area contributed by atoms with Crippen molar-refractivity contribution in [1.82, 2.24) is 10.5 Å². The molecule has 1 aliphatic carbocycles. The number of carbonyl (C=O) groups is 3. The summed E-state index contributed by atoms with van der Waals surface area (Å²) in [6.07, 6.45) is 4.97. The van der Waals surface area contributed by atoms with E-state index in [0.29, 0.717) is 5.76 Å². The highest BCUT2D eigenvalue weighted by Crippen LogP contribution is 2.23. The Morgan fingerprint density at radius 1 is 1.30 bits per heavy atom. The third-order valence-electron chi connectivity index (χ3n) is 3.64. The first-order valence-electron chi connectivity index (χ1n) is 7.71. The van der Waals surface area contributed by atoms with Gasteiger partial charge in [-0.15, -0.1) is 0 Å². The largest absolute Gasteiger partial charge is 0.454 e. The zero-order valence-electron chi connectivity index (χ0n) is 13.1. The number of nitrogens with zero attached hydrogens (tertiary/aromatic N) is 1. The molecule has 1 aliphatic rings. The van der Waals surface area contributed by atoms with E-state index in [1.54, 1.807) is 13.0 Å². The summed E-state index contributed by atoms with van der Waals surface area (Å²) in [6, 6.07) is 1.55. The maximum absolute atomic E-state index is 11.9. The first-order valence-corrected chi connectivity index (χ1v) is 7.71. The number of carbonyl (C=O) groups excluding carboxylic acids is 3. The van der Waals surface area contributed by atoms with E-state index in [-0.39, 0.29) is 24.2 Å². The topological polar surface area (TPSA) is 111 Å². The summed E-state index contributed by atoms with van der Waals surface area (Å²) >= 11 is 0. The molecule has 0 atom stereocenters. The third kappa shape index (κ3) is 5.72. The number of ether oxygens (including phenoxy) is 1. The highest BCUT2D eigenvalue weighted by Gasteiger charge is 2.21. The Morgan fingerprint density at radius 3 is 2.70 bits per heavy atom. The maximum Gasteiger partial charge on any atom is 0.325 e. The lowest BCUT2D eigenvalue weighted by Crippen LogP contribution is -2.36. The fourth-order valence-electron chi connectivity index (χ4n) is 2.47. The molecule has 0 spiro atoms. The molecule has 1 saturated carbocycles. The Hall–Kier alpha value is -2.38. The fourth-order valence-corrected chi connectivity index (χ4v) is 2.47. The summed E-state index contributed by atoms with van der Waals surface area (Å²) in [4.78, 5) is 35.0. The molecule has 126 valence electrons. The zero-order valence-corrected chi connectivity index (χ0v) is 13.1. The van der Waals surface area contributed by atoms with Gasteiger partial charge in [-0.25, -0.2) is 0 Å². The molecule has 2 rings (SSSR count). The van der Waals surface area contributed by atoms with Gasteiger partial charge in [-0.1, -0.05) is 24.4 Å². The van der Waals surface area contributed by atoms with Crippen molar-refractivity contribution in [2.75, 3.05) is 18.5 Å². The lowest BCUT2D eigenvalue weighted by molar-refractivity contribution is -0.147. The smallest absolute Gasteiger partial charge is 0.325 e. The Morgan fingerprint density at radius 2 is 2.04 bits per heavy atom. The number of rotatable bonds is 6. The van der Waals surface area contributed by atoms with Crippen molar-refractivity contribution in [2.45, 2.75) is 39.0 Å². The third-order valence-corrected chi connectivity index (χ3v) is 3.64. The van der Waals surface area contributed by atoms with Crippen LogP contribution in [0.25, 0.3) is 0 Å². The van der Waals surface area contributed by atoms with Crippen molar-refractivity contribution in [3.63, 3.8) is 0 Å². The minimum absolute atomic E-state index is 0.0183. The van der Waals surface area contributed by atoms with Gasteiger partial charge in [0, 0.05) is 12.0 Å². The van der Waals surface area contributed by atoms with Crippen molar-refractivity contribution in [1.29, 1.82) is 0 Å². The molecule has 0 aliphatic heterocycles. The summed E-state index contributed by atoms with van der Waals surface area (Å²) in [5.74, 6) is -0.498. The Balaban J connectivity index is 1.62. The van der Waals surface area contributed by atoms with Gasteiger partial charge in [-0.2, -0.15) is 0 Å². The second kappa shape index (κ2) is 8.30. The lowest BCUT2D eigenvalue weighted by Gasteiger charge is -2.20. The van der Waals surface area contributed by atoms with E-state index in [9.17, 15) is 14.4 Å². The van der Waals surface area contributed by atoms with Crippen LogP contribution < -0.4 is 10.6 Å². The average Bonchev–Trinajstić information content (AvgIpc) is 2.96. The van der Waals surface area contributed by atoms with E-state index in [0.717, 1.165) is 32.1 Å². The monoisotopic (exact) mass is 323 g/mol. The predicted octanol–water partition coefficient (Wildman–Crippen LogP) is 1.16. The molecular weight excluding hydrogens is 302 g/mol. The van der Waals surface area contributed by atoms with Gasteiger partial charge in [-0.05, 0) is 19.8 Å². The SMILES string of the molecule is Cc1cc(NC(=O)COC(=O)CNC(=O)C2CCCCC2)no1. The van der Waals surface area contributed by atoms with Gasteiger partial charge in [0.25, 0.3) is 5.91 Å². The molecule has 1 aromatic heterocycles. The Kier molecular flexibility index (Phi) is 6.13. The molecule has 8 heteroatoms. The molecule has 1 aromatic rings. The standard InChI is InChI=1S/C15H21N3O5/c1-10-7-12(18-23-10)17-13(19)9-22-14(20)8-16-15(21)11-5-3-2-4-6-11/h7,11H,2-6,8-9H2,1H3,(H,16,21)(H,17,18,19). The number of amides is 2. The van der Waals surface area contributed by atoms with Crippen molar-refractivity contribution in [3.8, 4) is 0 Å². The maximum atomic E-state index is 11.9. The van der Waals surface area contributed by atoms with Crippen LogP contribution in [0.4, 0.5) is 5.82 Å². The minimum Gasteiger partial charge on any atom is -0.454 e. The number of esters is 1. The van der Waals surface area contributed by atoms with Gasteiger partial charge < -0.3 is 19.9 Å². The molecule has 1 fully saturated rings. The van der Waals surface area contributed by atoms with Gasteiger partial charge in [0.05, 0.1) is 0 Å².